The van der Waals surface area contributed by atoms with Gasteiger partial charge in [-0.05, 0) is 129 Å². The van der Waals surface area contributed by atoms with Crippen molar-refractivity contribution in [3.63, 3.8) is 0 Å². The van der Waals surface area contributed by atoms with Gasteiger partial charge < -0.3 is 14.5 Å². The van der Waals surface area contributed by atoms with E-state index in [9.17, 15) is 0 Å². The van der Waals surface area contributed by atoms with Gasteiger partial charge in [0, 0.05) is 42.7 Å². The van der Waals surface area contributed by atoms with Crippen LogP contribution in [0.25, 0.3) is 99.5 Å². The molecule has 1 aliphatic rings. The van der Waals surface area contributed by atoms with Crippen LogP contribution in [0.2, 0.25) is 0 Å². The third-order valence-corrected chi connectivity index (χ3v) is 14.0. The Balaban J connectivity index is 0.926. The summed E-state index contributed by atoms with van der Waals surface area (Å²) in [5.41, 5.74) is 19.0. The highest BCUT2D eigenvalue weighted by molar-refractivity contribution is 7.99. The first-order valence-corrected chi connectivity index (χ1v) is 22.6. The predicted molar refractivity (Wildman–Crippen MR) is 271 cm³/mol. The van der Waals surface area contributed by atoms with Gasteiger partial charge in [-0.25, -0.2) is 0 Å². The van der Waals surface area contributed by atoms with Gasteiger partial charge in [-0.1, -0.05) is 157 Å². The van der Waals surface area contributed by atoms with Crippen LogP contribution in [-0.4, -0.2) is 9.13 Å². The highest BCUT2D eigenvalue weighted by Gasteiger charge is 2.22. The summed E-state index contributed by atoms with van der Waals surface area (Å²) in [5.74, 6) is 0. The topological polar surface area (TPSA) is 21.9 Å². The van der Waals surface area contributed by atoms with E-state index in [-0.39, 0.29) is 0 Å². The molecule has 64 heavy (non-hydrogen) atoms. The normalized spacial score (nSPS) is 12.1. The molecule has 0 aliphatic carbocycles. The number of benzene rings is 10. The second-order valence-electron chi connectivity index (χ2n) is 16.7. The van der Waals surface area contributed by atoms with Gasteiger partial charge in [0.15, 0.2) is 0 Å². The molecule has 0 saturated heterocycles. The van der Waals surface area contributed by atoms with Gasteiger partial charge in [-0.2, -0.15) is 0 Å². The Morgan fingerprint density at radius 3 is 0.859 bits per heavy atom. The highest BCUT2D eigenvalue weighted by atomic mass is 32.2. The molecule has 0 fully saturated rings. The molecule has 0 amide bonds. The zero-order valence-electron chi connectivity index (χ0n) is 34.7. The summed E-state index contributed by atoms with van der Waals surface area (Å²) in [6.45, 7) is 0. The number of nitrogens with zero attached hydrogens (tertiary/aromatic N) is 2. The lowest BCUT2D eigenvalue weighted by atomic mass is 10.0. The van der Waals surface area contributed by atoms with E-state index >= 15 is 0 Å². The van der Waals surface area contributed by atoms with Crippen molar-refractivity contribution >= 4 is 66.7 Å². The Morgan fingerprint density at radius 1 is 0.266 bits per heavy atom. The smallest absolute Gasteiger partial charge is 0.0541 e. The summed E-state index contributed by atoms with van der Waals surface area (Å²) in [5, 5.41) is 8.76. The first-order valence-electron chi connectivity index (χ1n) is 21.8. The molecule has 1 aliphatic heterocycles. The summed E-state index contributed by atoms with van der Waals surface area (Å²) in [4.78, 5) is 2.39. The van der Waals surface area contributed by atoms with Crippen LogP contribution < -0.4 is 5.32 Å². The molecular weight excluding hydrogens is 795 g/mol. The van der Waals surface area contributed by atoms with E-state index in [1.807, 2.05) is 11.8 Å². The van der Waals surface area contributed by atoms with Crippen molar-refractivity contribution in [3.05, 3.63) is 231 Å². The maximum absolute atomic E-state index is 3.80. The third kappa shape index (κ3) is 6.06. The van der Waals surface area contributed by atoms with E-state index in [4.69, 9.17) is 0 Å². The lowest BCUT2D eigenvalue weighted by molar-refractivity contribution is 1.14. The SMILES string of the molecule is c1ccc(-c2ccc3c(c2)c2cc(-c4ccccc4)ccc2n3-c2ccc3c(c2)Sc2cc(-n4c5ccc(-c6ccccc6)cc5c5cc(-c6ccccc6)ccc54)ccc2N3)cc1. The lowest BCUT2D eigenvalue weighted by Crippen LogP contribution is -2.03. The van der Waals surface area contributed by atoms with Crippen LogP contribution in [0.5, 0.6) is 0 Å². The quantitative estimate of drug-likeness (QED) is 0.180. The van der Waals surface area contributed by atoms with Crippen molar-refractivity contribution in [1.29, 1.82) is 0 Å². The van der Waals surface area contributed by atoms with Gasteiger partial charge in [0.2, 0.25) is 0 Å². The second kappa shape index (κ2) is 14.8. The average molecular weight is 834 g/mol. The zero-order valence-corrected chi connectivity index (χ0v) is 35.6. The molecular formula is C60H39N3S. The molecule has 300 valence electrons. The fourth-order valence-corrected chi connectivity index (χ4v) is 10.8. The maximum atomic E-state index is 3.80. The molecule has 0 radical (unpaired) electrons. The second-order valence-corrected chi connectivity index (χ2v) is 17.7. The molecule has 1 N–H and O–H groups in total. The third-order valence-electron chi connectivity index (χ3n) is 12.9. The summed E-state index contributed by atoms with van der Waals surface area (Å²) < 4.78 is 4.87. The van der Waals surface area contributed by atoms with E-state index in [1.54, 1.807) is 0 Å². The highest BCUT2D eigenvalue weighted by Crippen LogP contribution is 2.48. The first-order chi connectivity index (χ1) is 31.7. The summed E-state index contributed by atoms with van der Waals surface area (Å²) in [6, 6.07) is 84.2. The molecule has 0 saturated carbocycles. The van der Waals surface area contributed by atoms with Crippen LogP contribution in [0.1, 0.15) is 0 Å². The van der Waals surface area contributed by atoms with Crippen molar-refractivity contribution in [2.24, 2.45) is 0 Å². The number of anilines is 2. The minimum atomic E-state index is 1.12. The molecule has 0 atom stereocenters. The number of hydrogen-bond donors (Lipinski definition) is 1. The fraction of sp³-hybridized carbons (Fsp3) is 0. The Kier molecular flexibility index (Phi) is 8.46. The molecule has 0 bridgehead atoms. The molecule has 13 rings (SSSR count). The minimum absolute atomic E-state index is 1.12. The standard InChI is InChI=1S/C60H39N3S/c1-5-13-39(14-6-1)43-21-29-55-49(33-43)50-34-44(40-15-7-2-8-16-40)22-30-56(50)62(55)47-25-27-53-59(37-47)64-60-38-48(26-28-54(60)61-53)63-57-31-23-45(41-17-9-3-10-18-41)35-51(57)52-36-46(24-32-58(52)63)42-19-11-4-12-20-42/h1-38,61H. The molecule has 2 aromatic heterocycles. The lowest BCUT2D eigenvalue weighted by Gasteiger charge is -2.23. The fourth-order valence-electron chi connectivity index (χ4n) is 9.78. The Morgan fingerprint density at radius 2 is 0.562 bits per heavy atom. The summed E-state index contributed by atoms with van der Waals surface area (Å²) in [7, 11) is 0. The van der Waals surface area contributed by atoms with E-state index in [2.05, 4.69) is 245 Å². The number of aromatic nitrogens is 2. The Hall–Kier alpha value is -8.05. The summed E-state index contributed by atoms with van der Waals surface area (Å²) in [6.07, 6.45) is 0. The first kappa shape index (κ1) is 36.6. The van der Waals surface area contributed by atoms with Crippen LogP contribution in [0, 0.1) is 0 Å². The van der Waals surface area contributed by atoms with Gasteiger partial charge in [-0.15, -0.1) is 0 Å². The van der Waals surface area contributed by atoms with Crippen molar-refractivity contribution < 1.29 is 0 Å². The minimum Gasteiger partial charge on any atom is -0.354 e. The van der Waals surface area contributed by atoms with Crippen LogP contribution >= 0.6 is 11.8 Å². The number of nitrogens with one attached hydrogen (secondary N) is 1. The van der Waals surface area contributed by atoms with Gasteiger partial charge in [0.05, 0.1) is 33.4 Å². The van der Waals surface area contributed by atoms with Crippen molar-refractivity contribution in [2.45, 2.75) is 9.79 Å². The van der Waals surface area contributed by atoms with Crippen LogP contribution in [0.4, 0.5) is 11.4 Å². The maximum Gasteiger partial charge on any atom is 0.0541 e. The molecule has 12 aromatic rings. The van der Waals surface area contributed by atoms with E-state index in [0.29, 0.717) is 0 Å². The Labute approximate surface area is 375 Å². The molecule has 0 unspecified atom stereocenters. The average Bonchev–Trinajstić information content (AvgIpc) is 3.87. The van der Waals surface area contributed by atoms with Gasteiger partial charge in [-0.3, -0.25) is 0 Å². The monoisotopic (exact) mass is 833 g/mol. The van der Waals surface area contributed by atoms with Crippen LogP contribution in [0.15, 0.2) is 240 Å². The van der Waals surface area contributed by atoms with Crippen LogP contribution in [-0.2, 0) is 0 Å². The van der Waals surface area contributed by atoms with E-state index in [1.165, 1.54) is 97.9 Å². The Bertz CT molecular complexity index is 3320. The number of rotatable bonds is 6. The van der Waals surface area contributed by atoms with Crippen molar-refractivity contribution in [3.8, 4) is 55.9 Å². The van der Waals surface area contributed by atoms with Crippen molar-refractivity contribution in [1.82, 2.24) is 9.13 Å². The van der Waals surface area contributed by atoms with Gasteiger partial charge >= 0.3 is 0 Å². The van der Waals surface area contributed by atoms with Gasteiger partial charge in [0.25, 0.3) is 0 Å². The molecule has 3 heterocycles. The molecule has 10 aromatic carbocycles. The zero-order chi connectivity index (χ0) is 42.1. The molecule has 0 spiro atoms. The number of hydrogen-bond acceptors (Lipinski definition) is 2. The van der Waals surface area contributed by atoms with Gasteiger partial charge in [0.1, 0.15) is 0 Å². The largest absolute Gasteiger partial charge is 0.354 e. The summed E-state index contributed by atoms with van der Waals surface area (Å²) >= 11 is 1.84. The number of fused-ring (bicyclic) bond motifs is 8. The molecule has 4 heteroatoms. The van der Waals surface area contributed by atoms with E-state index < -0.39 is 0 Å². The van der Waals surface area contributed by atoms with Crippen LogP contribution in [0.3, 0.4) is 0 Å². The van der Waals surface area contributed by atoms with Crippen molar-refractivity contribution in [2.75, 3.05) is 5.32 Å². The molecule has 3 nitrogen and oxygen atoms in total. The van der Waals surface area contributed by atoms with E-state index in [0.717, 1.165) is 22.7 Å². The predicted octanol–water partition coefficient (Wildman–Crippen LogP) is 16.8.